The summed E-state index contributed by atoms with van der Waals surface area (Å²) in [6.07, 6.45) is 10.5. The van der Waals surface area contributed by atoms with Gasteiger partial charge in [0, 0.05) is 42.7 Å². The quantitative estimate of drug-likeness (QED) is 0.648. The lowest BCUT2D eigenvalue weighted by Gasteiger charge is -2.23. The molecule has 0 saturated carbocycles. The van der Waals surface area contributed by atoms with E-state index in [0.29, 0.717) is 5.56 Å². The van der Waals surface area contributed by atoms with Crippen LogP contribution >= 0.6 is 0 Å². The second-order valence-electron chi connectivity index (χ2n) is 6.48. The molecule has 3 aromatic rings. The Kier molecular flexibility index (Phi) is 4.90. The molecule has 4 heteroatoms. The van der Waals surface area contributed by atoms with Gasteiger partial charge in [-0.2, -0.15) is 9.83 Å². The summed E-state index contributed by atoms with van der Waals surface area (Å²) >= 11 is 0. The van der Waals surface area contributed by atoms with E-state index in [1.165, 1.54) is 11.1 Å². The Morgan fingerprint density at radius 2 is 1.82 bits per heavy atom. The normalized spacial score (nSPS) is 13.0. The highest BCUT2D eigenvalue weighted by atomic mass is 16.5. The molecule has 0 aliphatic carbocycles. The van der Waals surface area contributed by atoms with Gasteiger partial charge in [-0.3, -0.25) is 0 Å². The van der Waals surface area contributed by atoms with Crippen molar-refractivity contribution in [1.82, 2.24) is 0 Å². The smallest absolute Gasteiger partial charge is 0.211 e. The zero-order valence-electron chi connectivity index (χ0n) is 15.6. The molecule has 0 saturated heterocycles. The van der Waals surface area contributed by atoms with Gasteiger partial charge in [0.15, 0.2) is 12.4 Å². The highest BCUT2D eigenvalue weighted by molar-refractivity contribution is 5.76. The minimum atomic E-state index is 0.658. The number of hydrogen-bond donors (Lipinski definition) is 0. The van der Waals surface area contributed by atoms with Gasteiger partial charge in [-0.25, -0.2) is 0 Å². The molecule has 0 spiro atoms. The molecule has 28 heavy (non-hydrogen) atoms. The van der Waals surface area contributed by atoms with Gasteiger partial charge in [-0.1, -0.05) is 12.1 Å². The zero-order valence-corrected chi connectivity index (χ0v) is 15.6. The van der Waals surface area contributed by atoms with Crippen molar-refractivity contribution in [2.45, 2.75) is 0 Å². The Morgan fingerprint density at radius 1 is 1.04 bits per heavy atom. The molecule has 0 radical (unpaired) electrons. The van der Waals surface area contributed by atoms with Gasteiger partial charge < -0.3 is 9.64 Å². The van der Waals surface area contributed by atoms with Crippen LogP contribution in [0, 0.1) is 11.3 Å². The Bertz CT molecular complexity index is 1070. The number of allylic oxidation sites excluding steroid dienone is 2. The molecular formula is C24H20N3O+. The lowest BCUT2D eigenvalue weighted by Crippen LogP contribution is -2.29. The second-order valence-corrected chi connectivity index (χ2v) is 6.48. The van der Waals surface area contributed by atoms with Crippen LogP contribution in [-0.4, -0.2) is 13.7 Å². The summed E-state index contributed by atoms with van der Waals surface area (Å²) in [5.41, 5.74) is 5.13. The number of benzene rings is 2. The first-order valence-electron chi connectivity index (χ1n) is 9.08. The van der Waals surface area contributed by atoms with E-state index in [1.54, 1.807) is 7.11 Å². The van der Waals surface area contributed by atoms with E-state index in [9.17, 15) is 0 Å². The summed E-state index contributed by atoms with van der Waals surface area (Å²) in [4.78, 5) is 2.19. The fourth-order valence-electron chi connectivity index (χ4n) is 3.20. The van der Waals surface area contributed by atoms with E-state index >= 15 is 0 Å². The summed E-state index contributed by atoms with van der Waals surface area (Å²) in [5, 5.41) is 9.07. The SMILES string of the molecule is COc1ccc(N2C=CC(c3cc[n+](-c4cccc(C#N)c4)cc3)=CC2)cc1. The summed E-state index contributed by atoms with van der Waals surface area (Å²) in [6, 6.07) is 22.0. The predicted molar refractivity (Wildman–Crippen MR) is 110 cm³/mol. The maximum atomic E-state index is 9.07. The molecule has 0 unspecified atom stereocenters. The van der Waals surface area contributed by atoms with E-state index < -0.39 is 0 Å². The van der Waals surface area contributed by atoms with Crippen molar-refractivity contribution in [1.29, 1.82) is 5.26 Å². The van der Waals surface area contributed by atoms with Gasteiger partial charge in [-0.15, -0.1) is 0 Å². The number of anilines is 1. The van der Waals surface area contributed by atoms with Gasteiger partial charge in [-0.05, 0) is 47.5 Å². The Hall–Kier alpha value is -3.84. The first-order valence-corrected chi connectivity index (χ1v) is 9.08. The molecule has 136 valence electrons. The van der Waals surface area contributed by atoms with Crippen LogP contribution in [0.5, 0.6) is 5.75 Å². The van der Waals surface area contributed by atoms with Crippen molar-refractivity contribution in [3.05, 3.63) is 103 Å². The van der Waals surface area contributed by atoms with Crippen LogP contribution in [-0.2, 0) is 0 Å². The Labute approximate surface area is 164 Å². The predicted octanol–water partition coefficient (Wildman–Crippen LogP) is 4.26. The minimum Gasteiger partial charge on any atom is -0.497 e. The van der Waals surface area contributed by atoms with E-state index in [0.717, 1.165) is 23.7 Å². The van der Waals surface area contributed by atoms with Crippen LogP contribution in [0.15, 0.2) is 91.4 Å². The van der Waals surface area contributed by atoms with E-state index in [-0.39, 0.29) is 0 Å². The number of aromatic nitrogens is 1. The number of hydrogen-bond acceptors (Lipinski definition) is 3. The summed E-state index contributed by atoms with van der Waals surface area (Å²) in [5.74, 6) is 0.860. The maximum absolute atomic E-state index is 9.07. The molecule has 1 aliphatic rings. The average molecular weight is 366 g/mol. The Balaban J connectivity index is 1.49. The highest BCUT2D eigenvalue weighted by Gasteiger charge is 2.11. The molecule has 4 rings (SSSR count). The lowest BCUT2D eigenvalue weighted by molar-refractivity contribution is -0.595. The molecule has 0 amide bonds. The van der Waals surface area contributed by atoms with E-state index in [2.05, 4.69) is 53.6 Å². The third kappa shape index (κ3) is 3.65. The topological polar surface area (TPSA) is 40.1 Å². The minimum absolute atomic E-state index is 0.658. The van der Waals surface area contributed by atoms with Crippen LogP contribution in [0.1, 0.15) is 11.1 Å². The number of nitrogens with zero attached hydrogens (tertiary/aromatic N) is 3. The standard InChI is InChI=1S/C24H20N3O/c1-28-24-7-5-22(6-8-24)26-13-9-20(10-14-26)21-11-15-27(16-12-21)23-4-2-3-19(17-23)18-25/h2-13,15-17H,14H2,1H3/q+1. The maximum Gasteiger partial charge on any atom is 0.211 e. The van der Waals surface area contributed by atoms with E-state index in [4.69, 9.17) is 10.00 Å². The zero-order chi connectivity index (χ0) is 19.3. The monoisotopic (exact) mass is 366 g/mol. The fraction of sp³-hybridized carbons (Fsp3) is 0.0833. The molecule has 1 aliphatic heterocycles. The summed E-state index contributed by atoms with van der Waals surface area (Å²) in [7, 11) is 1.68. The van der Waals surface area contributed by atoms with Crippen molar-refractivity contribution >= 4 is 11.3 Å². The molecule has 0 bridgehead atoms. The largest absolute Gasteiger partial charge is 0.497 e. The van der Waals surface area contributed by atoms with Gasteiger partial charge in [0.25, 0.3) is 0 Å². The molecular weight excluding hydrogens is 346 g/mol. The van der Waals surface area contributed by atoms with Crippen molar-refractivity contribution in [2.24, 2.45) is 0 Å². The van der Waals surface area contributed by atoms with Crippen molar-refractivity contribution in [2.75, 3.05) is 18.6 Å². The van der Waals surface area contributed by atoms with Gasteiger partial charge in [0.2, 0.25) is 5.69 Å². The number of methoxy groups -OCH3 is 1. The third-order valence-electron chi connectivity index (χ3n) is 4.78. The molecule has 0 N–H and O–H groups in total. The number of rotatable bonds is 4. The van der Waals surface area contributed by atoms with Crippen molar-refractivity contribution in [3.63, 3.8) is 0 Å². The van der Waals surface area contributed by atoms with Crippen LogP contribution in [0.2, 0.25) is 0 Å². The highest BCUT2D eigenvalue weighted by Crippen LogP contribution is 2.24. The average Bonchev–Trinajstić information content (AvgIpc) is 2.79. The molecule has 2 aromatic carbocycles. The Morgan fingerprint density at radius 3 is 2.46 bits per heavy atom. The molecule has 4 nitrogen and oxygen atoms in total. The first-order chi connectivity index (χ1) is 13.8. The molecule has 2 heterocycles. The summed E-state index contributed by atoms with van der Waals surface area (Å²) in [6.45, 7) is 0.817. The van der Waals surface area contributed by atoms with Crippen molar-refractivity contribution in [3.8, 4) is 17.5 Å². The van der Waals surface area contributed by atoms with Gasteiger partial charge in [0.1, 0.15) is 5.75 Å². The van der Waals surface area contributed by atoms with Crippen LogP contribution in [0.3, 0.4) is 0 Å². The number of pyridine rings is 1. The van der Waals surface area contributed by atoms with Crippen molar-refractivity contribution < 1.29 is 9.30 Å². The lowest BCUT2D eigenvalue weighted by atomic mass is 10.0. The summed E-state index contributed by atoms with van der Waals surface area (Å²) < 4.78 is 7.23. The first kappa shape index (κ1) is 17.6. The van der Waals surface area contributed by atoms with E-state index in [1.807, 2.05) is 53.4 Å². The third-order valence-corrected chi connectivity index (χ3v) is 4.78. The molecule has 0 atom stereocenters. The van der Waals surface area contributed by atoms with Crippen LogP contribution in [0.4, 0.5) is 5.69 Å². The molecule has 1 aromatic heterocycles. The number of nitriles is 1. The second kappa shape index (κ2) is 7.81. The van der Waals surface area contributed by atoms with Gasteiger partial charge in [0.05, 0.1) is 18.7 Å². The fourth-order valence-corrected chi connectivity index (χ4v) is 3.20. The van der Waals surface area contributed by atoms with Gasteiger partial charge >= 0.3 is 0 Å². The van der Waals surface area contributed by atoms with Crippen LogP contribution < -0.4 is 14.2 Å². The number of ether oxygens (including phenoxy) is 1. The molecule has 0 fully saturated rings. The van der Waals surface area contributed by atoms with Crippen LogP contribution in [0.25, 0.3) is 11.3 Å².